The van der Waals surface area contributed by atoms with Gasteiger partial charge in [0.1, 0.15) is 74.5 Å². The van der Waals surface area contributed by atoms with Crippen molar-refractivity contribution in [2.75, 3.05) is 6.51 Å². The Hall–Kier alpha value is -12.6. The summed E-state index contributed by atoms with van der Waals surface area (Å²) in [7, 11) is -1.98. The van der Waals surface area contributed by atoms with Crippen LogP contribution in [0.3, 0.4) is 0 Å². The Balaban J connectivity index is 0.000000163. The molecule has 148 heavy (non-hydrogen) atoms. The number of H-pyrrole nitrogens is 1. The van der Waals surface area contributed by atoms with Crippen molar-refractivity contribution in [2.45, 2.75) is 242 Å². The van der Waals surface area contributed by atoms with Crippen molar-refractivity contribution in [1.29, 1.82) is 0 Å². The number of furan rings is 4. The summed E-state index contributed by atoms with van der Waals surface area (Å²) in [6, 6.07) is 42.9. The number of hydrogen-bond donors (Lipinski definition) is 1. The van der Waals surface area contributed by atoms with Crippen molar-refractivity contribution in [2.24, 2.45) is 0 Å². The average molecular weight is 2120 g/mol. The molecule has 0 unspecified atom stereocenters. The second-order valence-corrected chi connectivity index (χ2v) is 53.3. The zero-order valence-corrected chi connectivity index (χ0v) is 91.5. The maximum absolute atomic E-state index is 15.0. The molecule has 1 radical (unpaired) electrons. The number of nitrogens with one attached hydrogen (secondary N) is 1. The summed E-state index contributed by atoms with van der Waals surface area (Å²) in [4.78, 5) is 72.5. The van der Waals surface area contributed by atoms with Crippen LogP contribution in [0.15, 0.2) is 242 Å². The third-order valence-corrected chi connectivity index (χ3v) is 41.3. The predicted molar refractivity (Wildman–Crippen MR) is 576 cm³/mol. The number of carbonyl (C=O) groups excluding carboxylic acids is 5. The van der Waals surface area contributed by atoms with Crippen LogP contribution >= 0.6 is 15.9 Å². The third kappa shape index (κ3) is 25.7. The molecule has 775 valence electrons. The fourth-order valence-corrected chi connectivity index (χ4v) is 34.2. The molecule has 0 spiro atoms. The van der Waals surface area contributed by atoms with E-state index in [4.69, 9.17) is 31.7 Å². The maximum atomic E-state index is 15.0. The summed E-state index contributed by atoms with van der Waals surface area (Å²) in [5.41, 5.74) is 13.7. The van der Waals surface area contributed by atoms with E-state index in [0.29, 0.717) is 156 Å². The molecule has 1 saturated heterocycles. The van der Waals surface area contributed by atoms with Gasteiger partial charge in [-0.3, -0.25) is 23.7 Å². The predicted octanol–water partition coefficient (Wildman–Crippen LogP) is 30.9. The summed E-state index contributed by atoms with van der Waals surface area (Å²) >= 11 is 3.24. The number of halogens is 9. The number of benzene rings is 8. The molecule has 0 saturated carbocycles. The number of fused-ring (bicyclic) bond motifs is 4. The number of Topliss-reactive ketones (excluding diaryl/α,β-unsaturated/α-hetero) is 4. The number of ether oxygens (including phenoxy) is 1. The van der Waals surface area contributed by atoms with Crippen LogP contribution in [0.1, 0.15) is 246 Å². The molecule has 8 aromatic carbocycles. The Labute approximate surface area is 870 Å². The number of carbonyl (C=O) groups is 5. The van der Waals surface area contributed by atoms with Crippen LogP contribution in [0.5, 0.6) is 0 Å². The monoisotopic (exact) mass is 2120 g/mol. The Morgan fingerprint density at radius 1 is 0.426 bits per heavy atom. The first-order valence-corrected chi connectivity index (χ1v) is 54.3. The molecule has 0 atom stereocenters. The molecule has 0 aliphatic carbocycles. The van der Waals surface area contributed by atoms with Gasteiger partial charge in [0, 0.05) is 162 Å². The zero-order chi connectivity index (χ0) is 108. The first-order valence-electron chi connectivity index (χ1n) is 49.2. The van der Waals surface area contributed by atoms with Crippen molar-refractivity contribution < 1.29 is 105 Å². The fourth-order valence-electron chi connectivity index (χ4n) is 20.7. The molecule has 0 amide bonds. The molecule has 33 heteroatoms. The topological polar surface area (TPSA) is 232 Å². The van der Waals surface area contributed by atoms with Crippen LogP contribution in [-0.4, -0.2) is 109 Å². The molecule has 9 heterocycles. The van der Waals surface area contributed by atoms with Gasteiger partial charge in [-0.1, -0.05) is 132 Å². The molecule has 16 aromatic rings. The SMILES string of the molecule is CC(=O)c1oc2c(-c3cc[nH]c3)cc(F)cc2c1Cc1cccc(F)c1.CC(=O)c1oc2c(-c3ccn(C(=O)OC(C)(C)C)c3)cc(F)cc2c1Cc1cccc(F)c1.CC(=O)c1oc2c(-c3ccn([Si](C(C)C)(C(C)C)C(C)C)c3)cc(F)cc2c1Cc1cccc(F)c1.CC(=O)c1oc2c(Br)cc(F)cc2c1Cc1cccc(F)c1.CC(C)[Si](C(C)C)(C(C)C)n1ccc(B2OC(C)(C)C(C)(C)O2)c1.C[B]OOCB=O. The third-order valence-electron chi connectivity index (χ3n) is 27.2. The van der Waals surface area contributed by atoms with Gasteiger partial charge in [0.05, 0.1) is 15.7 Å². The Bertz CT molecular complexity index is 7430. The van der Waals surface area contributed by atoms with Crippen molar-refractivity contribution in [3.05, 3.63) is 338 Å². The summed E-state index contributed by atoms with van der Waals surface area (Å²) in [6.07, 6.45) is 15.8. The van der Waals surface area contributed by atoms with E-state index in [1.807, 2.05) is 6.07 Å². The second kappa shape index (κ2) is 47.9. The number of rotatable bonds is 28. The van der Waals surface area contributed by atoms with Crippen molar-refractivity contribution in [3.63, 3.8) is 0 Å². The molecule has 0 bridgehead atoms. The molecular weight excluding hydrogens is 2000 g/mol. The van der Waals surface area contributed by atoms with E-state index >= 15 is 4.39 Å². The Morgan fingerprint density at radius 2 is 0.757 bits per heavy atom. The molecule has 19 nitrogen and oxygen atoms in total. The minimum atomic E-state index is -1.97. The first-order chi connectivity index (χ1) is 69.7. The van der Waals surface area contributed by atoms with E-state index in [9.17, 15) is 59.4 Å². The van der Waals surface area contributed by atoms with E-state index < -0.39 is 57.3 Å². The van der Waals surface area contributed by atoms with Crippen LogP contribution < -0.4 is 5.46 Å². The van der Waals surface area contributed by atoms with Gasteiger partial charge in [-0.15, -0.1) is 0 Å². The average Bonchev–Trinajstić information content (AvgIpc) is 1.55. The van der Waals surface area contributed by atoms with Gasteiger partial charge in [0.15, 0.2) is 62.6 Å². The van der Waals surface area contributed by atoms with E-state index in [1.165, 1.54) is 149 Å². The van der Waals surface area contributed by atoms with Crippen LogP contribution in [0, 0.1) is 46.5 Å². The molecule has 1 fully saturated rings. The number of nitrogens with zero attached hydrogens (tertiary/aromatic N) is 3. The van der Waals surface area contributed by atoms with Crippen LogP contribution in [0.2, 0.25) is 40.1 Å². The van der Waals surface area contributed by atoms with Gasteiger partial charge in [0.25, 0.3) is 0 Å². The first kappa shape index (κ1) is 114. The van der Waals surface area contributed by atoms with Crippen LogP contribution in [0.4, 0.5) is 39.9 Å². The quantitative estimate of drug-likeness (QED) is 0.0120. The van der Waals surface area contributed by atoms with Gasteiger partial charge in [-0.2, -0.15) is 0 Å². The second-order valence-electron chi connectivity index (χ2n) is 41.0. The normalized spacial score (nSPS) is 13.0. The van der Waals surface area contributed by atoms with Crippen molar-refractivity contribution >= 4 is 133 Å². The van der Waals surface area contributed by atoms with E-state index in [1.54, 1.807) is 101 Å². The number of aromatic nitrogens is 4. The molecule has 1 N–H and O–H groups in total. The van der Waals surface area contributed by atoms with Gasteiger partial charge in [-0.05, 0) is 265 Å². The molecular formula is C115H125B3BrF8N4O15Si2. The minimum absolute atomic E-state index is 0.00958. The van der Waals surface area contributed by atoms with Gasteiger partial charge >= 0.3 is 55.6 Å². The molecule has 17 rings (SSSR count). The summed E-state index contributed by atoms with van der Waals surface area (Å²) in [5, 5.41) is 2.01. The zero-order valence-electron chi connectivity index (χ0n) is 87.9. The number of ketones is 4. The summed E-state index contributed by atoms with van der Waals surface area (Å²) < 4.78 is 170. The van der Waals surface area contributed by atoms with Gasteiger partial charge in [-0.25, -0.2) is 39.9 Å². The van der Waals surface area contributed by atoms with E-state index in [-0.39, 0.29) is 114 Å². The van der Waals surface area contributed by atoms with Crippen molar-refractivity contribution in [1.82, 2.24) is 18.0 Å². The van der Waals surface area contributed by atoms with E-state index in [0.717, 1.165) is 16.6 Å². The number of aromatic amines is 1. The Kier molecular flexibility index (Phi) is 36.9. The summed E-state index contributed by atoms with van der Waals surface area (Å²) in [6.45, 7) is 49.1. The standard InChI is InChI=1S/C30H35F2NO2Si.C26H23F2NO4.C21H15F2NO2.C19H36BNO2Si.C17H11BrF2O2.C2H5B2O3/c1-18(2)36(19(3)4,20(5)6)33-12-11-23(17-33)26-15-25(32)16-28-27(29(21(7)34)35-30(26)28)14-22-9-8-10-24(31)13-22;1-15(30)23-21(11-16-6-5-7-18(27)10-16)22-13-19(28)12-20(24(22)32-23)17-8-9-29(14-17)25(31)33-26(2,3)4;1-12(25)20-18(8-13-3-2-4-15(22)7-13)19-10-16(23)9-17(21(19)26-20)14-5-6-24-11-14;1-14(2)24(15(3)4,16(5)6)21-12-11-17(13-21)20-22-18(7,8)19(9,10)23-20;1-9(21)16-13(6-10-3-2-4-11(19)5-10)14-7-12(20)8-15(18)17(14)22-16;1-3-7-6-2-4-5/h8-13,15-20H,14H2,1-7H3;5-10,12-14H,11H2,1-4H3;2-7,9-11,24H,8H2,1H3;11-16H,1-10H3;2-5,7-8H,6H2,1H3;2H2,1H3. The van der Waals surface area contributed by atoms with Crippen LogP contribution in [-0.2, 0) is 54.1 Å². The Morgan fingerprint density at radius 3 is 1.09 bits per heavy atom. The summed E-state index contributed by atoms with van der Waals surface area (Å²) in [5.74, 6) is -3.72. The van der Waals surface area contributed by atoms with Gasteiger partial charge < -0.3 is 45.2 Å². The number of hydrogen-bond acceptors (Lipinski definition) is 15. The fraction of sp³-hybridized carbons (Fsp3) is 0.330. The molecule has 1 aliphatic rings. The van der Waals surface area contributed by atoms with Crippen molar-refractivity contribution in [3.8, 4) is 33.4 Å². The van der Waals surface area contributed by atoms with E-state index in [2.05, 4.69) is 181 Å². The molecule has 8 aromatic heterocycles. The van der Waals surface area contributed by atoms with Gasteiger partial charge in [0.2, 0.25) is 0 Å². The van der Waals surface area contributed by atoms with Crippen LogP contribution in [0.25, 0.3) is 77.3 Å². The molecule has 1 aliphatic heterocycles.